The Morgan fingerprint density at radius 3 is 2.47 bits per heavy atom. The maximum Gasteiger partial charge on any atom is 0.573 e. The minimum Gasteiger partial charge on any atom is -0.492 e. The molecule has 0 bridgehead atoms. The van der Waals surface area contributed by atoms with Gasteiger partial charge in [-0.1, -0.05) is 12.1 Å². The van der Waals surface area contributed by atoms with E-state index in [4.69, 9.17) is 4.74 Å². The molecule has 158 valence electrons. The van der Waals surface area contributed by atoms with Gasteiger partial charge in [0.15, 0.2) is 5.67 Å². The smallest absolute Gasteiger partial charge is 0.492 e. The molecule has 3 rings (SSSR count). The molecule has 5 nitrogen and oxygen atoms in total. The van der Waals surface area contributed by atoms with Gasteiger partial charge in [-0.05, 0) is 43.2 Å². The molecule has 2 aromatic rings. The van der Waals surface area contributed by atoms with E-state index in [1.54, 1.807) is 6.07 Å². The molecule has 2 aromatic carbocycles. The lowest BCUT2D eigenvalue weighted by atomic mass is 9.92. The molecule has 30 heavy (non-hydrogen) atoms. The monoisotopic (exact) mass is 422 g/mol. The average Bonchev–Trinajstić information content (AvgIpc) is 3.13. The maximum atomic E-state index is 13.8. The highest BCUT2D eigenvalue weighted by Gasteiger charge is 2.31. The number of nitrogens with zero attached hydrogens (tertiary/aromatic N) is 1. The number of amides is 1. The summed E-state index contributed by atoms with van der Waals surface area (Å²) in [6, 6.07) is 8.96. The Morgan fingerprint density at radius 2 is 1.90 bits per heavy atom. The van der Waals surface area contributed by atoms with Crippen LogP contribution in [0.15, 0.2) is 30.3 Å². The zero-order valence-corrected chi connectivity index (χ0v) is 16.2. The first-order chi connectivity index (χ1) is 14.0. The summed E-state index contributed by atoms with van der Waals surface area (Å²) in [5.41, 5.74) is 0.470. The van der Waals surface area contributed by atoms with Gasteiger partial charge in [-0.3, -0.25) is 4.79 Å². The first-order valence-electron chi connectivity index (χ1n) is 9.04. The summed E-state index contributed by atoms with van der Waals surface area (Å²) in [5.74, 6) is -0.717. The number of hydrogen-bond acceptors (Lipinski definition) is 4. The summed E-state index contributed by atoms with van der Waals surface area (Å²) >= 11 is 0. The minimum absolute atomic E-state index is 0.0787. The molecule has 0 atom stereocenters. The van der Waals surface area contributed by atoms with E-state index >= 15 is 0 Å². The zero-order chi connectivity index (χ0) is 22.1. The molecule has 1 aliphatic heterocycles. The van der Waals surface area contributed by atoms with E-state index in [1.807, 2.05) is 0 Å². The average molecular weight is 422 g/mol. The van der Waals surface area contributed by atoms with Crippen LogP contribution in [0.5, 0.6) is 11.5 Å². The summed E-state index contributed by atoms with van der Waals surface area (Å²) in [6.45, 7) is 2.52. The Balaban J connectivity index is 1.98. The summed E-state index contributed by atoms with van der Waals surface area (Å²) in [5, 5.41) is 12.1. The fourth-order valence-corrected chi connectivity index (χ4v) is 3.16. The predicted molar refractivity (Wildman–Crippen MR) is 99.5 cm³/mol. The van der Waals surface area contributed by atoms with Crippen molar-refractivity contribution in [3.8, 4) is 28.7 Å². The van der Waals surface area contributed by atoms with Gasteiger partial charge in [-0.15, -0.1) is 13.2 Å². The molecule has 1 aliphatic rings. The predicted octanol–water partition coefficient (Wildman–Crippen LogP) is 4.42. The van der Waals surface area contributed by atoms with Gasteiger partial charge in [0.05, 0.1) is 18.2 Å². The summed E-state index contributed by atoms with van der Waals surface area (Å²) < 4.78 is 60.5. The molecule has 0 radical (unpaired) electrons. The third-order valence-corrected chi connectivity index (χ3v) is 4.55. The number of nitrogens with one attached hydrogen (secondary N) is 1. The van der Waals surface area contributed by atoms with E-state index in [0.717, 1.165) is 13.8 Å². The molecule has 0 fully saturated rings. The van der Waals surface area contributed by atoms with E-state index in [2.05, 4.69) is 16.1 Å². The summed E-state index contributed by atoms with van der Waals surface area (Å²) in [4.78, 5) is 11.9. The SMILES string of the molecule is CC(C)(F)C(=O)NCc1cc(-c2ccc(OC(F)(F)F)cc2)c2c(c1C#N)CCO2. The molecule has 1 N–H and O–H groups in total. The van der Waals surface area contributed by atoms with Gasteiger partial charge in [0.1, 0.15) is 11.5 Å². The maximum absolute atomic E-state index is 13.8. The number of benzene rings is 2. The fraction of sp³-hybridized carbons (Fsp3) is 0.333. The second-order valence-corrected chi connectivity index (χ2v) is 7.20. The molecule has 0 spiro atoms. The van der Waals surface area contributed by atoms with E-state index in [0.29, 0.717) is 46.6 Å². The zero-order valence-electron chi connectivity index (χ0n) is 16.2. The van der Waals surface area contributed by atoms with Crippen LogP contribution in [0.4, 0.5) is 17.6 Å². The Hall–Kier alpha value is -3.28. The molecule has 0 aromatic heterocycles. The van der Waals surface area contributed by atoms with Crippen LogP contribution in [0.1, 0.15) is 30.5 Å². The quantitative estimate of drug-likeness (QED) is 0.724. The van der Waals surface area contributed by atoms with Gasteiger partial charge in [0.2, 0.25) is 0 Å². The first-order valence-corrected chi connectivity index (χ1v) is 9.04. The van der Waals surface area contributed by atoms with Crippen LogP contribution < -0.4 is 14.8 Å². The number of fused-ring (bicyclic) bond motifs is 1. The van der Waals surface area contributed by atoms with Crippen LogP contribution in [0.25, 0.3) is 11.1 Å². The third-order valence-electron chi connectivity index (χ3n) is 4.55. The van der Waals surface area contributed by atoms with E-state index in [1.165, 1.54) is 24.3 Å². The lowest BCUT2D eigenvalue weighted by Gasteiger charge is -2.17. The highest BCUT2D eigenvalue weighted by atomic mass is 19.4. The van der Waals surface area contributed by atoms with Crippen molar-refractivity contribution in [1.82, 2.24) is 5.32 Å². The fourth-order valence-electron chi connectivity index (χ4n) is 3.16. The Kier molecular flexibility index (Phi) is 5.61. The van der Waals surface area contributed by atoms with Crippen LogP contribution in [-0.4, -0.2) is 24.5 Å². The van der Waals surface area contributed by atoms with E-state index in [-0.39, 0.29) is 12.3 Å². The van der Waals surface area contributed by atoms with Crippen LogP contribution in [0, 0.1) is 11.3 Å². The molecule has 1 amide bonds. The van der Waals surface area contributed by atoms with Gasteiger partial charge in [-0.2, -0.15) is 5.26 Å². The first kappa shape index (κ1) is 21.4. The second kappa shape index (κ2) is 7.86. The number of nitriles is 1. The normalized spacial score (nSPS) is 13.2. The number of carbonyl (C=O) groups is 1. The van der Waals surface area contributed by atoms with Gasteiger partial charge in [-0.25, -0.2) is 4.39 Å². The molecule has 0 saturated heterocycles. The van der Waals surface area contributed by atoms with Crippen LogP contribution in [0.3, 0.4) is 0 Å². The number of carbonyl (C=O) groups excluding carboxylic acids is 1. The van der Waals surface area contributed by atoms with Crippen LogP contribution in [0.2, 0.25) is 0 Å². The number of alkyl halides is 4. The highest BCUT2D eigenvalue weighted by molar-refractivity contribution is 5.84. The molecular weight excluding hydrogens is 404 g/mol. The van der Waals surface area contributed by atoms with Gasteiger partial charge < -0.3 is 14.8 Å². The Morgan fingerprint density at radius 1 is 1.23 bits per heavy atom. The number of rotatable bonds is 5. The topological polar surface area (TPSA) is 71.3 Å². The van der Waals surface area contributed by atoms with Crippen molar-refractivity contribution in [2.45, 2.75) is 38.8 Å². The standard InChI is InChI=1S/C21H18F4N2O3/c1-20(2,22)19(28)27-11-13-9-16(18-15(7-8-29-18)17(13)10-26)12-3-5-14(6-4-12)30-21(23,24)25/h3-6,9H,7-8,11H2,1-2H3,(H,27,28). The summed E-state index contributed by atoms with van der Waals surface area (Å²) in [7, 11) is 0. The molecular formula is C21H18F4N2O3. The number of ether oxygens (including phenoxy) is 2. The molecule has 0 unspecified atom stereocenters. The van der Waals surface area contributed by atoms with Crippen LogP contribution in [-0.2, 0) is 17.8 Å². The van der Waals surface area contributed by atoms with Crippen molar-refractivity contribution >= 4 is 5.91 Å². The van der Waals surface area contributed by atoms with Crippen molar-refractivity contribution in [1.29, 1.82) is 5.26 Å². The minimum atomic E-state index is -4.80. The second-order valence-electron chi connectivity index (χ2n) is 7.20. The Labute approximate surface area is 170 Å². The number of halogens is 4. The van der Waals surface area contributed by atoms with Gasteiger partial charge in [0.25, 0.3) is 5.91 Å². The largest absolute Gasteiger partial charge is 0.573 e. The lowest BCUT2D eigenvalue weighted by Crippen LogP contribution is -2.38. The van der Waals surface area contributed by atoms with Gasteiger partial charge in [0, 0.05) is 24.1 Å². The highest BCUT2D eigenvalue weighted by Crippen LogP contribution is 2.41. The molecule has 1 heterocycles. The molecule has 9 heteroatoms. The lowest BCUT2D eigenvalue weighted by molar-refractivity contribution is -0.274. The van der Waals surface area contributed by atoms with E-state index < -0.39 is 17.9 Å². The van der Waals surface area contributed by atoms with Crippen LogP contribution >= 0.6 is 0 Å². The summed E-state index contributed by atoms with van der Waals surface area (Å²) in [6.07, 6.45) is -4.33. The molecule has 0 aliphatic carbocycles. The molecule has 0 saturated carbocycles. The van der Waals surface area contributed by atoms with Gasteiger partial charge >= 0.3 is 6.36 Å². The number of hydrogen-bond donors (Lipinski definition) is 1. The van der Waals surface area contributed by atoms with Crippen molar-refractivity contribution in [2.75, 3.05) is 6.61 Å². The Bertz CT molecular complexity index is 1000. The van der Waals surface area contributed by atoms with Crippen molar-refractivity contribution in [3.63, 3.8) is 0 Å². The van der Waals surface area contributed by atoms with Crippen molar-refractivity contribution < 1.29 is 31.8 Å². The van der Waals surface area contributed by atoms with E-state index in [9.17, 15) is 27.6 Å². The van der Waals surface area contributed by atoms with Crippen molar-refractivity contribution in [3.05, 3.63) is 47.0 Å². The van der Waals surface area contributed by atoms with Crippen molar-refractivity contribution in [2.24, 2.45) is 0 Å². The third kappa shape index (κ3) is 4.64.